The topological polar surface area (TPSA) is 58.2 Å². The minimum Gasteiger partial charge on any atom is -0.305 e. The van der Waals surface area contributed by atoms with Crippen molar-refractivity contribution >= 4 is 10.0 Å². The summed E-state index contributed by atoms with van der Waals surface area (Å²) < 4.78 is 27.3. The molecular formula is C18H30N2O2S. The summed E-state index contributed by atoms with van der Waals surface area (Å²) in [4.78, 5) is 0. The van der Waals surface area contributed by atoms with Crippen LogP contribution in [0.5, 0.6) is 0 Å². The van der Waals surface area contributed by atoms with Crippen LogP contribution < -0.4 is 10.0 Å². The standard InChI is InChI=1S/C18H30N2O2S/c1-3-4-5-6-7-8-11-20-23(21,22)14-18-17-12-15(2)9-10-16(17)13-19-18/h9-10,12,18-20H,3-8,11,13-14H2,1-2H3. The van der Waals surface area contributed by atoms with Gasteiger partial charge in [-0.15, -0.1) is 0 Å². The fraction of sp³-hybridized carbons (Fsp3) is 0.667. The predicted molar refractivity (Wildman–Crippen MR) is 95.9 cm³/mol. The Morgan fingerprint density at radius 2 is 1.91 bits per heavy atom. The molecule has 1 unspecified atom stereocenters. The molecule has 1 aromatic rings. The molecule has 0 amide bonds. The molecule has 0 radical (unpaired) electrons. The van der Waals surface area contributed by atoms with E-state index < -0.39 is 10.0 Å². The van der Waals surface area contributed by atoms with Crippen molar-refractivity contribution in [3.05, 3.63) is 34.9 Å². The molecule has 0 fully saturated rings. The molecule has 1 aliphatic rings. The van der Waals surface area contributed by atoms with E-state index in [0.29, 0.717) is 6.54 Å². The summed E-state index contributed by atoms with van der Waals surface area (Å²) in [5, 5.41) is 3.31. The second kappa shape index (κ2) is 8.81. The van der Waals surface area contributed by atoms with Crippen molar-refractivity contribution in [1.29, 1.82) is 0 Å². The zero-order chi connectivity index (χ0) is 16.7. The Hall–Kier alpha value is -0.910. The lowest BCUT2D eigenvalue weighted by Gasteiger charge is -2.14. The third-order valence-corrected chi connectivity index (χ3v) is 5.87. The molecule has 130 valence electrons. The number of hydrogen-bond donors (Lipinski definition) is 2. The molecular weight excluding hydrogens is 308 g/mol. The number of sulfonamides is 1. The summed E-state index contributed by atoms with van der Waals surface area (Å²) >= 11 is 0. The van der Waals surface area contributed by atoms with Crippen molar-refractivity contribution in [2.24, 2.45) is 0 Å². The maximum atomic E-state index is 12.3. The Balaban J connectivity index is 1.76. The molecule has 0 aliphatic carbocycles. The van der Waals surface area contributed by atoms with E-state index in [1.807, 2.05) is 6.92 Å². The smallest absolute Gasteiger partial charge is 0.213 e. The first-order valence-corrected chi connectivity index (χ1v) is 10.5. The monoisotopic (exact) mass is 338 g/mol. The maximum Gasteiger partial charge on any atom is 0.213 e. The highest BCUT2D eigenvalue weighted by Gasteiger charge is 2.26. The minimum atomic E-state index is -3.23. The third kappa shape index (κ3) is 5.90. The van der Waals surface area contributed by atoms with Gasteiger partial charge in [0.1, 0.15) is 0 Å². The van der Waals surface area contributed by atoms with E-state index in [9.17, 15) is 8.42 Å². The summed E-state index contributed by atoms with van der Waals surface area (Å²) in [5.41, 5.74) is 3.52. The van der Waals surface area contributed by atoms with Gasteiger partial charge in [0.05, 0.1) is 5.75 Å². The van der Waals surface area contributed by atoms with Crippen molar-refractivity contribution in [2.75, 3.05) is 12.3 Å². The maximum absolute atomic E-state index is 12.3. The highest BCUT2D eigenvalue weighted by atomic mass is 32.2. The lowest BCUT2D eigenvalue weighted by molar-refractivity contribution is 0.551. The number of fused-ring (bicyclic) bond motifs is 1. The van der Waals surface area contributed by atoms with Gasteiger partial charge in [-0.3, -0.25) is 0 Å². The Morgan fingerprint density at radius 1 is 1.17 bits per heavy atom. The van der Waals surface area contributed by atoms with Crippen LogP contribution >= 0.6 is 0 Å². The van der Waals surface area contributed by atoms with Gasteiger partial charge in [-0.25, -0.2) is 13.1 Å². The Kier molecular flexibility index (Phi) is 7.06. The number of nitrogens with one attached hydrogen (secondary N) is 2. The van der Waals surface area contributed by atoms with E-state index in [0.717, 1.165) is 24.9 Å². The quantitative estimate of drug-likeness (QED) is 0.643. The first-order chi connectivity index (χ1) is 11.0. The zero-order valence-electron chi connectivity index (χ0n) is 14.4. The molecule has 0 saturated heterocycles. The summed E-state index contributed by atoms with van der Waals surface area (Å²) in [6, 6.07) is 6.18. The van der Waals surface area contributed by atoms with Crippen LogP contribution in [0.3, 0.4) is 0 Å². The molecule has 23 heavy (non-hydrogen) atoms. The van der Waals surface area contributed by atoms with Crippen LogP contribution in [-0.4, -0.2) is 20.7 Å². The van der Waals surface area contributed by atoms with Crippen molar-refractivity contribution in [3.63, 3.8) is 0 Å². The molecule has 2 N–H and O–H groups in total. The number of rotatable bonds is 10. The van der Waals surface area contributed by atoms with Gasteiger partial charge in [-0.1, -0.05) is 62.8 Å². The number of unbranched alkanes of at least 4 members (excludes halogenated alkanes) is 5. The Morgan fingerprint density at radius 3 is 2.70 bits per heavy atom. The van der Waals surface area contributed by atoms with Crippen LogP contribution in [0.4, 0.5) is 0 Å². The zero-order valence-corrected chi connectivity index (χ0v) is 15.2. The van der Waals surface area contributed by atoms with Crippen LogP contribution in [0.15, 0.2) is 18.2 Å². The first-order valence-electron chi connectivity index (χ1n) is 8.82. The molecule has 0 bridgehead atoms. The van der Waals surface area contributed by atoms with E-state index in [4.69, 9.17) is 0 Å². The molecule has 2 rings (SSSR count). The van der Waals surface area contributed by atoms with Crippen LogP contribution in [0.2, 0.25) is 0 Å². The lowest BCUT2D eigenvalue weighted by Crippen LogP contribution is -2.32. The van der Waals surface area contributed by atoms with Gasteiger partial charge in [-0.2, -0.15) is 0 Å². The number of benzene rings is 1. The number of aryl methyl sites for hydroxylation is 1. The molecule has 1 aromatic carbocycles. The highest BCUT2D eigenvalue weighted by Crippen LogP contribution is 2.27. The molecule has 1 atom stereocenters. The van der Waals surface area contributed by atoms with Crippen molar-refractivity contribution in [2.45, 2.75) is 65.0 Å². The molecule has 1 aliphatic heterocycles. The summed E-state index contributed by atoms with van der Waals surface area (Å²) in [6.45, 7) is 5.56. The van der Waals surface area contributed by atoms with Gasteiger partial charge in [-0.05, 0) is 24.5 Å². The van der Waals surface area contributed by atoms with E-state index >= 15 is 0 Å². The van der Waals surface area contributed by atoms with Gasteiger partial charge >= 0.3 is 0 Å². The van der Waals surface area contributed by atoms with Gasteiger partial charge in [0.2, 0.25) is 10.0 Å². The Labute approximate surface area is 141 Å². The minimum absolute atomic E-state index is 0.0908. The molecule has 5 heteroatoms. The van der Waals surface area contributed by atoms with Gasteiger partial charge in [0.15, 0.2) is 0 Å². The third-order valence-electron chi connectivity index (χ3n) is 4.45. The molecule has 0 spiro atoms. The Bertz CT molecular complexity index is 599. The largest absolute Gasteiger partial charge is 0.305 e. The molecule has 1 heterocycles. The van der Waals surface area contributed by atoms with E-state index in [2.05, 4.69) is 35.2 Å². The summed E-state index contributed by atoms with van der Waals surface area (Å²) in [7, 11) is -3.23. The van der Waals surface area contributed by atoms with E-state index in [1.54, 1.807) is 0 Å². The predicted octanol–water partition coefficient (Wildman–Crippen LogP) is 3.42. The van der Waals surface area contributed by atoms with E-state index in [1.165, 1.54) is 36.8 Å². The van der Waals surface area contributed by atoms with Crippen molar-refractivity contribution < 1.29 is 8.42 Å². The van der Waals surface area contributed by atoms with Crippen LogP contribution in [0.25, 0.3) is 0 Å². The molecule has 0 saturated carbocycles. The average molecular weight is 339 g/mol. The van der Waals surface area contributed by atoms with Crippen molar-refractivity contribution in [3.8, 4) is 0 Å². The summed E-state index contributed by atoms with van der Waals surface area (Å²) in [5.74, 6) is 0.124. The second-order valence-electron chi connectivity index (χ2n) is 6.58. The van der Waals surface area contributed by atoms with Gasteiger partial charge in [0, 0.05) is 19.1 Å². The highest BCUT2D eigenvalue weighted by molar-refractivity contribution is 7.89. The second-order valence-corrected chi connectivity index (χ2v) is 8.43. The SMILES string of the molecule is CCCCCCCCNS(=O)(=O)CC1NCc2ccc(C)cc21. The lowest BCUT2D eigenvalue weighted by atomic mass is 10.0. The molecule has 4 nitrogen and oxygen atoms in total. The summed E-state index contributed by atoms with van der Waals surface area (Å²) in [6.07, 6.45) is 7.00. The number of hydrogen-bond acceptors (Lipinski definition) is 3. The normalized spacial score (nSPS) is 17.4. The van der Waals surface area contributed by atoms with Crippen molar-refractivity contribution in [1.82, 2.24) is 10.0 Å². The van der Waals surface area contributed by atoms with Gasteiger partial charge in [0.25, 0.3) is 0 Å². The molecule has 0 aromatic heterocycles. The fourth-order valence-electron chi connectivity index (χ4n) is 3.10. The van der Waals surface area contributed by atoms with Crippen LogP contribution in [-0.2, 0) is 16.6 Å². The van der Waals surface area contributed by atoms with Crippen LogP contribution in [0.1, 0.15) is 68.2 Å². The van der Waals surface area contributed by atoms with E-state index in [-0.39, 0.29) is 11.8 Å². The first kappa shape index (κ1) is 18.4. The van der Waals surface area contributed by atoms with Gasteiger partial charge < -0.3 is 5.32 Å². The van der Waals surface area contributed by atoms with Crippen LogP contribution in [0, 0.1) is 6.92 Å². The average Bonchev–Trinajstić information content (AvgIpc) is 2.88. The fourth-order valence-corrected chi connectivity index (χ4v) is 4.41.